The van der Waals surface area contributed by atoms with Crippen LogP contribution in [0.2, 0.25) is 0 Å². The molecule has 0 aliphatic heterocycles. The monoisotopic (exact) mass is 450 g/mol. The highest BCUT2D eigenvalue weighted by molar-refractivity contribution is 7.99. The van der Waals surface area contributed by atoms with Crippen molar-refractivity contribution in [3.8, 4) is 5.75 Å². The number of pyridine rings is 1. The van der Waals surface area contributed by atoms with Crippen molar-refractivity contribution in [3.05, 3.63) is 76.1 Å². The van der Waals surface area contributed by atoms with E-state index in [1.807, 2.05) is 20.0 Å². The minimum absolute atomic E-state index is 0.121. The molecule has 0 saturated heterocycles. The number of nitrogens with zero attached hydrogens (tertiary/aromatic N) is 5. The Kier molecular flexibility index (Phi) is 6.22. The lowest BCUT2D eigenvalue weighted by atomic mass is 10.1. The number of anilines is 1. The number of carbonyl (C=O) groups is 1. The van der Waals surface area contributed by atoms with Crippen LogP contribution in [0.3, 0.4) is 0 Å². The quantitative estimate of drug-likeness (QED) is 0.431. The van der Waals surface area contributed by atoms with Gasteiger partial charge in [-0.1, -0.05) is 17.8 Å². The maximum Gasteiger partial charge on any atom is 0.261 e. The van der Waals surface area contributed by atoms with E-state index in [1.165, 1.54) is 16.2 Å². The number of carbonyl (C=O) groups excluding carboxylic acids is 1. The maximum atomic E-state index is 12.9. The average molecular weight is 451 g/mol. The Hall–Kier alpha value is -3.66. The van der Waals surface area contributed by atoms with E-state index in [4.69, 9.17) is 4.74 Å². The molecule has 4 rings (SSSR count). The fraction of sp³-hybridized carbons (Fsp3) is 0.227. The van der Waals surface area contributed by atoms with Gasteiger partial charge >= 0.3 is 0 Å². The third-order valence-electron chi connectivity index (χ3n) is 5.00. The molecule has 1 amide bonds. The van der Waals surface area contributed by atoms with Gasteiger partial charge in [0.2, 0.25) is 5.91 Å². The number of hydrogen-bond donors (Lipinski definition) is 1. The maximum absolute atomic E-state index is 12.9. The summed E-state index contributed by atoms with van der Waals surface area (Å²) in [5, 5.41) is 11.8. The Balaban J connectivity index is 1.44. The molecule has 0 aliphatic carbocycles. The second kappa shape index (κ2) is 9.23. The van der Waals surface area contributed by atoms with Gasteiger partial charge in [0.25, 0.3) is 5.56 Å². The lowest BCUT2D eigenvalue weighted by Gasteiger charge is -2.08. The molecule has 0 aliphatic rings. The molecule has 0 spiro atoms. The van der Waals surface area contributed by atoms with Crippen LogP contribution in [0.1, 0.15) is 17.1 Å². The van der Waals surface area contributed by atoms with E-state index in [0.29, 0.717) is 40.0 Å². The highest BCUT2D eigenvalue weighted by Crippen LogP contribution is 2.19. The predicted octanol–water partition coefficient (Wildman–Crippen LogP) is 2.46. The van der Waals surface area contributed by atoms with E-state index in [9.17, 15) is 9.59 Å². The summed E-state index contributed by atoms with van der Waals surface area (Å²) in [6.07, 6.45) is 2.00. The minimum Gasteiger partial charge on any atom is -0.497 e. The summed E-state index contributed by atoms with van der Waals surface area (Å²) >= 11 is 1.28. The van der Waals surface area contributed by atoms with Crippen molar-refractivity contribution in [1.82, 2.24) is 24.1 Å². The van der Waals surface area contributed by atoms with E-state index in [-0.39, 0.29) is 17.2 Å². The zero-order valence-corrected chi connectivity index (χ0v) is 18.7. The van der Waals surface area contributed by atoms with Gasteiger partial charge in [0.05, 0.1) is 12.9 Å². The number of nitrogens with one attached hydrogen (secondary N) is 1. The Morgan fingerprint density at radius 3 is 2.69 bits per heavy atom. The van der Waals surface area contributed by atoms with Gasteiger partial charge in [0, 0.05) is 36.6 Å². The normalized spacial score (nSPS) is 11.0. The first-order valence-electron chi connectivity index (χ1n) is 9.88. The molecule has 0 radical (unpaired) electrons. The lowest BCUT2D eigenvalue weighted by molar-refractivity contribution is -0.113. The molecule has 10 heteroatoms. The van der Waals surface area contributed by atoms with Gasteiger partial charge in [-0.25, -0.2) is 4.98 Å². The molecule has 3 aromatic heterocycles. The topological polar surface area (TPSA) is 103 Å². The van der Waals surface area contributed by atoms with Crippen LogP contribution in [0.15, 0.2) is 58.6 Å². The van der Waals surface area contributed by atoms with Gasteiger partial charge in [0.1, 0.15) is 17.2 Å². The molecule has 32 heavy (non-hydrogen) atoms. The van der Waals surface area contributed by atoms with Crippen molar-refractivity contribution in [3.63, 3.8) is 0 Å². The predicted molar refractivity (Wildman–Crippen MR) is 122 cm³/mol. The van der Waals surface area contributed by atoms with Gasteiger partial charge in [-0.05, 0) is 43.3 Å². The third-order valence-corrected chi connectivity index (χ3v) is 6.02. The number of ether oxygens (including phenoxy) is 1. The van der Waals surface area contributed by atoms with Crippen molar-refractivity contribution in [2.24, 2.45) is 7.05 Å². The van der Waals surface area contributed by atoms with Crippen LogP contribution < -0.4 is 15.6 Å². The number of aromatic nitrogens is 5. The summed E-state index contributed by atoms with van der Waals surface area (Å²) < 4.78 is 8.44. The SMILES string of the molecule is COc1ccc(NC(=O)CSc2nnc(Cc3c(C)nc4ccccn4c3=O)n2C)cc1. The lowest BCUT2D eigenvalue weighted by Crippen LogP contribution is -2.22. The highest BCUT2D eigenvalue weighted by atomic mass is 32.2. The van der Waals surface area contributed by atoms with Gasteiger partial charge in [-0.2, -0.15) is 0 Å². The molecule has 0 saturated carbocycles. The number of thioether (sulfide) groups is 1. The Bertz CT molecular complexity index is 1330. The fourth-order valence-corrected chi connectivity index (χ4v) is 3.95. The molecular weight excluding hydrogens is 428 g/mol. The first-order chi connectivity index (χ1) is 15.5. The van der Waals surface area contributed by atoms with Crippen LogP contribution in [-0.4, -0.2) is 42.9 Å². The zero-order valence-electron chi connectivity index (χ0n) is 17.9. The van der Waals surface area contributed by atoms with E-state index in [1.54, 1.807) is 54.3 Å². The number of aryl methyl sites for hydroxylation is 1. The van der Waals surface area contributed by atoms with Crippen molar-refractivity contribution >= 4 is 29.0 Å². The molecule has 0 bridgehead atoms. The standard InChI is InChI=1S/C22H22N6O3S/c1-14-17(21(30)28-11-5-4-6-18(28)23-14)12-19-25-26-22(27(19)2)32-13-20(29)24-15-7-9-16(31-3)10-8-15/h4-11H,12-13H2,1-3H3,(H,24,29). The smallest absolute Gasteiger partial charge is 0.261 e. The number of amides is 1. The summed E-state index contributed by atoms with van der Waals surface area (Å²) in [4.78, 5) is 29.7. The molecule has 1 aromatic carbocycles. The molecule has 0 atom stereocenters. The number of methoxy groups -OCH3 is 1. The van der Waals surface area contributed by atoms with E-state index in [2.05, 4.69) is 20.5 Å². The summed E-state index contributed by atoms with van der Waals surface area (Å²) in [5.74, 6) is 1.37. The van der Waals surface area contributed by atoms with Crippen molar-refractivity contribution in [2.75, 3.05) is 18.2 Å². The third kappa shape index (κ3) is 4.50. The van der Waals surface area contributed by atoms with Gasteiger partial charge < -0.3 is 14.6 Å². The minimum atomic E-state index is -0.155. The summed E-state index contributed by atoms with van der Waals surface area (Å²) in [5.41, 5.74) is 2.41. The van der Waals surface area contributed by atoms with Crippen LogP contribution >= 0.6 is 11.8 Å². The van der Waals surface area contributed by atoms with E-state index in [0.717, 1.165) is 5.75 Å². The summed E-state index contributed by atoms with van der Waals surface area (Å²) in [6, 6.07) is 12.6. The molecule has 164 valence electrons. The van der Waals surface area contributed by atoms with Gasteiger partial charge in [-0.3, -0.25) is 14.0 Å². The molecule has 3 heterocycles. The molecule has 0 fully saturated rings. The van der Waals surface area contributed by atoms with Crippen molar-refractivity contribution in [2.45, 2.75) is 18.5 Å². The molecule has 0 unspecified atom stereocenters. The largest absolute Gasteiger partial charge is 0.497 e. The van der Waals surface area contributed by atoms with Crippen LogP contribution in [0.4, 0.5) is 5.69 Å². The Morgan fingerprint density at radius 1 is 1.16 bits per heavy atom. The fourth-order valence-electron chi connectivity index (χ4n) is 3.22. The first-order valence-corrected chi connectivity index (χ1v) is 10.9. The number of benzene rings is 1. The number of rotatable bonds is 7. The highest BCUT2D eigenvalue weighted by Gasteiger charge is 2.16. The molecule has 1 N–H and O–H groups in total. The average Bonchev–Trinajstić information content (AvgIpc) is 3.15. The van der Waals surface area contributed by atoms with Crippen LogP contribution in [0, 0.1) is 6.92 Å². The molecule has 9 nitrogen and oxygen atoms in total. The zero-order chi connectivity index (χ0) is 22.7. The number of hydrogen-bond acceptors (Lipinski definition) is 7. The van der Waals surface area contributed by atoms with Crippen LogP contribution in [0.25, 0.3) is 5.65 Å². The van der Waals surface area contributed by atoms with Gasteiger partial charge in [0.15, 0.2) is 5.16 Å². The first kappa shape index (κ1) is 21.6. The summed E-state index contributed by atoms with van der Waals surface area (Å²) in [6.45, 7) is 1.82. The Labute approximate surface area is 188 Å². The second-order valence-electron chi connectivity index (χ2n) is 7.11. The van der Waals surface area contributed by atoms with Crippen molar-refractivity contribution in [1.29, 1.82) is 0 Å². The molecular formula is C22H22N6O3S. The summed E-state index contributed by atoms with van der Waals surface area (Å²) in [7, 11) is 3.41. The van der Waals surface area contributed by atoms with Gasteiger partial charge in [-0.15, -0.1) is 10.2 Å². The number of fused-ring (bicyclic) bond motifs is 1. The molecule has 4 aromatic rings. The van der Waals surface area contributed by atoms with E-state index < -0.39 is 0 Å². The second-order valence-corrected chi connectivity index (χ2v) is 8.05. The van der Waals surface area contributed by atoms with Crippen molar-refractivity contribution < 1.29 is 9.53 Å². The van der Waals surface area contributed by atoms with E-state index >= 15 is 0 Å². The van der Waals surface area contributed by atoms with Crippen LogP contribution in [-0.2, 0) is 18.3 Å². The van der Waals surface area contributed by atoms with Crippen LogP contribution in [0.5, 0.6) is 5.75 Å². The Morgan fingerprint density at radius 2 is 1.94 bits per heavy atom.